The molecule has 0 bridgehead atoms. The zero-order chi connectivity index (χ0) is 18.2. The lowest BCUT2D eigenvalue weighted by Gasteiger charge is -2.39. The van der Waals surface area contributed by atoms with Gasteiger partial charge in [-0.25, -0.2) is 0 Å². The highest BCUT2D eigenvalue weighted by Gasteiger charge is 2.32. The van der Waals surface area contributed by atoms with Crippen LogP contribution in [0.25, 0.3) is 0 Å². The Kier molecular flexibility index (Phi) is 8.22. The summed E-state index contributed by atoms with van der Waals surface area (Å²) in [7, 11) is 0. The highest BCUT2D eigenvalue weighted by Crippen LogP contribution is 2.43. The molecule has 1 aromatic carbocycles. The maximum Gasteiger partial charge on any atom is -0.00771 e. The molecule has 0 radical (unpaired) electrons. The molecule has 0 amide bonds. The van der Waals surface area contributed by atoms with Gasteiger partial charge in [0.15, 0.2) is 0 Å². The quantitative estimate of drug-likeness (QED) is 0.506. The molecule has 2 unspecified atom stereocenters. The molecule has 1 nitrogen and oxygen atoms in total. The van der Waals surface area contributed by atoms with E-state index in [1.165, 1.54) is 49.7 Å². The van der Waals surface area contributed by atoms with Crippen LogP contribution < -0.4 is 5.73 Å². The minimum absolute atomic E-state index is 0.625. The van der Waals surface area contributed by atoms with Crippen molar-refractivity contribution in [2.24, 2.45) is 29.4 Å². The fourth-order valence-electron chi connectivity index (χ4n) is 4.78. The van der Waals surface area contributed by atoms with E-state index < -0.39 is 0 Å². The molecule has 1 heteroatoms. The zero-order valence-corrected chi connectivity index (χ0v) is 16.7. The van der Waals surface area contributed by atoms with Gasteiger partial charge in [0, 0.05) is 0 Å². The van der Waals surface area contributed by atoms with Crippen LogP contribution >= 0.6 is 0 Å². The Balaban J connectivity index is 1.99. The summed E-state index contributed by atoms with van der Waals surface area (Å²) >= 11 is 0. The van der Waals surface area contributed by atoms with Crippen LogP contribution in [0.3, 0.4) is 0 Å². The van der Waals surface area contributed by atoms with Crippen molar-refractivity contribution >= 4 is 0 Å². The molecule has 0 saturated heterocycles. The first kappa shape index (κ1) is 20.2. The summed E-state index contributed by atoms with van der Waals surface area (Å²) in [5.41, 5.74) is 8.76. The average Bonchev–Trinajstić information content (AvgIpc) is 2.62. The second-order valence-electron chi connectivity index (χ2n) is 8.67. The summed E-state index contributed by atoms with van der Waals surface area (Å²) in [4.78, 5) is 0. The maximum absolute atomic E-state index is 5.78. The van der Waals surface area contributed by atoms with E-state index in [0.717, 1.165) is 36.6 Å². The van der Waals surface area contributed by atoms with Gasteiger partial charge < -0.3 is 5.73 Å². The molecular weight excluding hydrogens is 302 g/mol. The molecule has 2 N–H and O–H groups in total. The van der Waals surface area contributed by atoms with E-state index in [4.69, 9.17) is 5.73 Å². The van der Waals surface area contributed by atoms with Crippen molar-refractivity contribution in [1.29, 1.82) is 0 Å². The summed E-state index contributed by atoms with van der Waals surface area (Å²) in [6.07, 6.45) is 8.83. The van der Waals surface area contributed by atoms with Crippen LogP contribution in [0.4, 0.5) is 0 Å². The normalized spacial score (nSPS) is 25.1. The van der Waals surface area contributed by atoms with E-state index in [0.29, 0.717) is 5.92 Å². The molecular formula is C24H39N. The molecule has 0 aliphatic heterocycles. The van der Waals surface area contributed by atoms with E-state index in [1.54, 1.807) is 0 Å². The number of hydrogen-bond acceptors (Lipinski definition) is 1. The van der Waals surface area contributed by atoms with Crippen LogP contribution in [0.5, 0.6) is 0 Å². The second-order valence-corrected chi connectivity index (χ2v) is 8.67. The first-order chi connectivity index (χ1) is 12.0. The Morgan fingerprint density at radius 1 is 1.16 bits per heavy atom. The first-order valence-electron chi connectivity index (χ1n) is 10.5. The van der Waals surface area contributed by atoms with Gasteiger partial charge >= 0.3 is 0 Å². The maximum atomic E-state index is 5.78. The number of rotatable bonds is 9. The third-order valence-corrected chi connectivity index (χ3v) is 6.39. The molecule has 1 fully saturated rings. The van der Waals surface area contributed by atoms with E-state index in [2.05, 4.69) is 57.7 Å². The number of benzene rings is 1. The molecule has 1 saturated carbocycles. The number of allylic oxidation sites excluding steroid dienone is 1. The first-order valence-corrected chi connectivity index (χ1v) is 10.5. The molecule has 1 aliphatic rings. The van der Waals surface area contributed by atoms with Gasteiger partial charge in [0.2, 0.25) is 0 Å². The predicted molar refractivity (Wildman–Crippen MR) is 111 cm³/mol. The van der Waals surface area contributed by atoms with Crippen molar-refractivity contribution in [3.63, 3.8) is 0 Å². The molecule has 25 heavy (non-hydrogen) atoms. The third kappa shape index (κ3) is 5.99. The fraction of sp³-hybridized carbons (Fsp3) is 0.667. The van der Waals surface area contributed by atoms with Gasteiger partial charge in [-0.1, -0.05) is 69.7 Å². The minimum Gasteiger partial charge on any atom is -0.330 e. The van der Waals surface area contributed by atoms with Crippen LogP contribution in [0.1, 0.15) is 77.2 Å². The molecule has 1 aromatic rings. The van der Waals surface area contributed by atoms with Crippen LogP contribution in [-0.2, 0) is 0 Å². The van der Waals surface area contributed by atoms with Gasteiger partial charge in [-0.15, -0.1) is 0 Å². The van der Waals surface area contributed by atoms with E-state index in [1.807, 2.05) is 0 Å². The lowest BCUT2D eigenvalue weighted by Crippen LogP contribution is -2.29. The van der Waals surface area contributed by atoms with Gasteiger partial charge in [0.1, 0.15) is 0 Å². The fourth-order valence-corrected chi connectivity index (χ4v) is 4.78. The minimum atomic E-state index is 0.625. The molecule has 0 aromatic heterocycles. The topological polar surface area (TPSA) is 26.0 Å². The summed E-state index contributed by atoms with van der Waals surface area (Å²) in [6, 6.07) is 11.0. The summed E-state index contributed by atoms with van der Waals surface area (Å²) in [6.45, 7) is 12.6. The van der Waals surface area contributed by atoms with Crippen molar-refractivity contribution in [1.82, 2.24) is 0 Å². The number of nitrogens with two attached hydrogens (primary N) is 1. The lowest BCUT2D eigenvalue weighted by atomic mass is 9.67. The molecule has 1 aliphatic carbocycles. The Morgan fingerprint density at radius 3 is 2.52 bits per heavy atom. The number of hydrogen-bond donors (Lipinski definition) is 1. The summed E-state index contributed by atoms with van der Waals surface area (Å²) in [5.74, 6) is 3.83. The Morgan fingerprint density at radius 2 is 1.88 bits per heavy atom. The van der Waals surface area contributed by atoms with E-state index >= 15 is 0 Å². The zero-order valence-electron chi connectivity index (χ0n) is 16.7. The molecule has 140 valence electrons. The highest BCUT2D eigenvalue weighted by atomic mass is 14.5. The van der Waals surface area contributed by atoms with Crippen molar-refractivity contribution < 1.29 is 0 Å². The van der Waals surface area contributed by atoms with Gasteiger partial charge in [0.25, 0.3) is 0 Å². The Labute approximate surface area is 156 Å². The average molecular weight is 342 g/mol. The largest absolute Gasteiger partial charge is 0.330 e. The summed E-state index contributed by atoms with van der Waals surface area (Å²) < 4.78 is 0. The van der Waals surface area contributed by atoms with Crippen LogP contribution in [0.2, 0.25) is 0 Å². The Hall–Kier alpha value is -1.08. The second kappa shape index (κ2) is 10.2. The van der Waals surface area contributed by atoms with Gasteiger partial charge in [-0.2, -0.15) is 0 Å². The van der Waals surface area contributed by atoms with Crippen molar-refractivity contribution in [2.45, 2.75) is 71.6 Å². The standard InChI is InChI=1S/C24H39N/c1-18(2)23-15-12-19(3)17-24(23)20(4)13-14-22(11-8-16-25)21-9-6-5-7-10-21/h5-7,9-10,18-19,22-24H,4,8,11-17,25H2,1-3H3/t19?,22?,23-,24-/m0/s1. The summed E-state index contributed by atoms with van der Waals surface area (Å²) in [5, 5.41) is 0. The predicted octanol–water partition coefficient (Wildman–Crippen LogP) is 6.55. The third-order valence-electron chi connectivity index (χ3n) is 6.39. The monoisotopic (exact) mass is 341 g/mol. The smallest absolute Gasteiger partial charge is 0.00771 e. The van der Waals surface area contributed by atoms with E-state index in [-0.39, 0.29) is 0 Å². The van der Waals surface area contributed by atoms with Gasteiger partial charge in [-0.05, 0) is 80.2 Å². The Bertz CT molecular complexity index is 504. The lowest BCUT2D eigenvalue weighted by molar-refractivity contribution is 0.167. The molecule has 0 spiro atoms. The van der Waals surface area contributed by atoms with Crippen LogP contribution in [0.15, 0.2) is 42.5 Å². The molecule has 2 rings (SSSR count). The van der Waals surface area contributed by atoms with Crippen molar-refractivity contribution in [3.05, 3.63) is 48.0 Å². The molecule has 0 heterocycles. The van der Waals surface area contributed by atoms with Crippen LogP contribution in [0, 0.1) is 23.7 Å². The van der Waals surface area contributed by atoms with Crippen LogP contribution in [-0.4, -0.2) is 6.54 Å². The van der Waals surface area contributed by atoms with Gasteiger partial charge in [-0.3, -0.25) is 0 Å². The van der Waals surface area contributed by atoms with Gasteiger partial charge in [0.05, 0.1) is 0 Å². The van der Waals surface area contributed by atoms with E-state index in [9.17, 15) is 0 Å². The molecule has 4 atom stereocenters. The highest BCUT2D eigenvalue weighted by molar-refractivity contribution is 5.20. The SMILES string of the molecule is C=C(CCC(CCCN)c1ccccc1)[C@@H]1CC(C)CC[C@H]1C(C)C. The van der Waals surface area contributed by atoms with Crippen molar-refractivity contribution in [2.75, 3.05) is 6.54 Å². The van der Waals surface area contributed by atoms with Crippen molar-refractivity contribution in [3.8, 4) is 0 Å².